The van der Waals surface area contributed by atoms with Crippen molar-refractivity contribution in [1.29, 1.82) is 0 Å². The van der Waals surface area contributed by atoms with Crippen LogP contribution in [-0.2, 0) is 0 Å². The van der Waals surface area contributed by atoms with Gasteiger partial charge in [0.05, 0.1) is 0 Å². The summed E-state index contributed by atoms with van der Waals surface area (Å²) >= 11 is 1.99. The molecule has 1 heterocycles. The number of nitrogens with one attached hydrogen (secondary N) is 1. The molecule has 17 heavy (non-hydrogen) atoms. The lowest BCUT2D eigenvalue weighted by molar-refractivity contribution is 0.218. The van der Waals surface area contributed by atoms with Gasteiger partial charge < -0.3 is 10.2 Å². The zero-order chi connectivity index (χ0) is 12.3. The van der Waals surface area contributed by atoms with Crippen LogP contribution in [0.5, 0.6) is 0 Å². The topological polar surface area (TPSA) is 15.3 Å². The van der Waals surface area contributed by atoms with Crippen LogP contribution in [0.25, 0.3) is 0 Å². The fraction of sp³-hybridized carbons (Fsp3) is 0.571. The molecule has 0 aromatic heterocycles. The van der Waals surface area contributed by atoms with Crippen molar-refractivity contribution >= 4 is 11.8 Å². The van der Waals surface area contributed by atoms with Crippen molar-refractivity contribution in [2.45, 2.75) is 24.8 Å². The molecule has 0 aliphatic carbocycles. The average Bonchev–Trinajstić information content (AvgIpc) is 2.32. The Balaban J connectivity index is 1.94. The lowest BCUT2D eigenvalue weighted by Crippen LogP contribution is -2.50. The summed E-state index contributed by atoms with van der Waals surface area (Å²) in [5.41, 5.74) is 2.75. The molecule has 0 radical (unpaired) electrons. The lowest BCUT2D eigenvalue weighted by atomic mass is 10.2. The fourth-order valence-electron chi connectivity index (χ4n) is 2.10. The van der Waals surface area contributed by atoms with Gasteiger partial charge in [-0.2, -0.15) is 0 Å². The van der Waals surface area contributed by atoms with Gasteiger partial charge in [0.15, 0.2) is 0 Å². The Hall–Kier alpha value is -0.510. The van der Waals surface area contributed by atoms with E-state index in [1.165, 1.54) is 21.8 Å². The normalized spacial score (nSPS) is 21.7. The summed E-state index contributed by atoms with van der Waals surface area (Å²) in [7, 11) is 2.23. The molecule has 1 aromatic carbocycles. The summed E-state index contributed by atoms with van der Waals surface area (Å²) in [6.07, 6.45) is 0. The molecule has 1 fully saturated rings. The number of piperazine rings is 1. The molecule has 1 aliphatic rings. The zero-order valence-corrected chi connectivity index (χ0v) is 11.8. The van der Waals surface area contributed by atoms with Crippen LogP contribution in [0.3, 0.4) is 0 Å². The molecular formula is C14H22N2S. The van der Waals surface area contributed by atoms with Crippen LogP contribution < -0.4 is 5.32 Å². The summed E-state index contributed by atoms with van der Waals surface area (Å²) < 4.78 is 0. The smallest absolute Gasteiger partial charge is 0.0312 e. The minimum atomic E-state index is 0.661. The maximum atomic E-state index is 3.47. The molecule has 0 bridgehead atoms. The second-order valence-corrected chi connectivity index (χ2v) is 5.98. The van der Waals surface area contributed by atoms with Crippen LogP contribution in [-0.4, -0.2) is 43.4 Å². The van der Waals surface area contributed by atoms with Crippen molar-refractivity contribution in [2.75, 3.05) is 32.4 Å². The molecule has 1 saturated heterocycles. The van der Waals surface area contributed by atoms with Crippen molar-refractivity contribution in [1.82, 2.24) is 10.2 Å². The number of thioether (sulfide) groups is 1. The van der Waals surface area contributed by atoms with Crippen LogP contribution in [0, 0.1) is 13.8 Å². The first-order chi connectivity index (χ1) is 8.16. The predicted molar refractivity (Wildman–Crippen MR) is 75.9 cm³/mol. The highest BCUT2D eigenvalue weighted by atomic mass is 32.2. The third-order valence-corrected chi connectivity index (χ3v) is 4.72. The van der Waals surface area contributed by atoms with Gasteiger partial charge in [-0.1, -0.05) is 17.7 Å². The van der Waals surface area contributed by atoms with Crippen LogP contribution in [0.2, 0.25) is 0 Å². The van der Waals surface area contributed by atoms with Crippen molar-refractivity contribution in [3.8, 4) is 0 Å². The molecule has 1 aliphatic heterocycles. The van der Waals surface area contributed by atoms with E-state index in [0.29, 0.717) is 6.04 Å². The zero-order valence-electron chi connectivity index (χ0n) is 11.0. The van der Waals surface area contributed by atoms with Crippen LogP contribution >= 0.6 is 11.8 Å². The first-order valence-electron chi connectivity index (χ1n) is 6.28. The summed E-state index contributed by atoms with van der Waals surface area (Å²) in [5, 5.41) is 3.47. The summed E-state index contributed by atoms with van der Waals surface area (Å²) in [5.74, 6) is 1.17. The second-order valence-electron chi connectivity index (χ2n) is 4.92. The molecule has 1 atom stereocenters. The molecule has 94 valence electrons. The van der Waals surface area contributed by atoms with E-state index in [1.807, 2.05) is 11.8 Å². The van der Waals surface area contributed by atoms with Gasteiger partial charge >= 0.3 is 0 Å². The van der Waals surface area contributed by atoms with Crippen molar-refractivity contribution in [2.24, 2.45) is 0 Å². The molecule has 2 rings (SSSR count). The second kappa shape index (κ2) is 5.89. The van der Waals surface area contributed by atoms with E-state index >= 15 is 0 Å². The minimum absolute atomic E-state index is 0.661. The Morgan fingerprint density at radius 1 is 1.41 bits per heavy atom. The summed E-state index contributed by atoms with van der Waals surface area (Å²) in [6.45, 7) is 7.77. The highest BCUT2D eigenvalue weighted by Crippen LogP contribution is 2.25. The number of nitrogens with zero attached hydrogens (tertiary/aromatic N) is 1. The highest BCUT2D eigenvalue weighted by Gasteiger charge is 2.18. The number of hydrogen-bond donors (Lipinski definition) is 1. The average molecular weight is 250 g/mol. The predicted octanol–water partition coefficient (Wildman–Crippen LogP) is 2.30. The molecule has 0 spiro atoms. The first kappa shape index (κ1) is 12.9. The van der Waals surface area contributed by atoms with E-state index in [9.17, 15) is 0 Å². The van der Waals surface area contributed by atoms with Crippen LogP contribution in [0.15, 0.2) is 23.1 Å². The molecular weight excluding hydrogens is 228 g/mol. The highest BCUT2D eigenvalue weighted by molar-refractivity contribution is 7.99. The van der Waals surface area contributed by atoms with E-state index < -0.39 is 0 Å². The quantitative estimate of drug-likeness (QED) is 0.829. The Morgan fingerprint density at radius 2 is 2.24 bits per heavy atom. The van der Waals surface area contributed by atoms with Gasteiger partial charge in [-0.15, -0.1) is 11.8 Å². The minimum Gasteiger partial charge on any atom is -0.314 e. The van der Waals surface area contributed by atoms with E-state index in [2.05, 4.69) is 49.3 Å². The Labute approximate surface area is 109 Å². The van der Waals surface area contributed by atoms with E-state index in [1.54, 1.807) is 0 Å². The van der Waals surface area contributed by atoms with Gasteiger partial charge in [-0.25, -0.2) is 0 Å². The largest absolute Gasteiger partial charge is 0.314 e. The van der Waals surface area contributed by atoms with Gasteiger partial charge in [0.25, 0.3) is 0 Å². The lowest BCUT2D eigenvalue weighted by Gasteiger charge is -2.32. The van der Waals surface area contributed by atoms with Crippen LogP contribution in [0.4, 0.5) is 0 Å². The van der Waals surface area contributed by atoms with Gasteiger partial charge in [-0.3, -0.25) is 0 Å². The molecule has 1 aromatic rings. The monoisotopic (exact) mass is 250 g/mol. The van der Waals surface area contributed by atoms with E-state index in [-0.39, 0.29) is 0 Å². The number of benzene rings is 1. The maximum Gasteiger partial charge on any atom is 0.0312 e. The molecule has 3 heteroatoms. The van der Waals surface area contributed by atoms with Gasteiger partial charge in [0, 0.05) is 36.3 Å². The number of hydrogen-bond acceptors (Lipinski definition) is 3. The summed E-state index contributed by atoms with van der Waals surface area (Å²) in [6, 6.07) is 7.37. The Bertz CT molecular complexity index is 378. The Kier molecular flexibility index (Phi) is 4.48. The van der Waals surface area contributed by atoms with Gasteiger partial charge in [0.1, 0.15) is 0 Å². The fourth-order valence-corrected chi connectivity index (χ4v) is 3.41. The molecule has 1 N–H and O–H groups in total. The molecule has 2 nitrogen and oxygen atoms in total. The molecule has 1 unspecified atom stereocenters. The SMILES string of the molecule is Cc1ccc(C)c(SCC2CNCCN2C)c1. The maximum absolute atomic E-state index is 3.47. The van der Waals surface area contributed by atoms with Crippen molar-refractivity contribution in [3.05, 3.63) is 29.3 Å². The number of likely N-dealkylation sites (N-methyl/N-ethyl adjacent to an activating group) is 1. The number of rotatable bonds is 3. The standard InChI is InChI=1S/C14H22N2S/c1-11-4-5-12(2)14(8-11)17-10-13-9-15-6-7-16(13)3/h4-5,8,13,15H,6-7,9-10H2,1-3H3. The Morgan fingerprint density at radius 3 is 3.00 bits per heavy atom. The van der Waals surface area contributed by atoms with E-state index in [4.69, 9.17) is 0 Å². The van der Waals surface area contributed by atoms with E-state index in [0.717, 1.165) is 19.6 Å². The third-order valence-electron chi connectivity index (χ3n) is 3.42. The van der Waals surface area contributed by atoms with Gasteiger partial charge in [0.2, 0.25) is 0 Å². The number of aryl methyl sites for hydroxylation is 2. The van der Waals surface area contributed by atoms with Crippen LogP contribution in [0.1, 0.15) is 11.1 Å². The van der Waals surface area contributed by atoms with Gasteiger partial charge in [-0.05, 0) is 32.5 Å². The van der Waals surface area contributed by atoms with Crippen molar-refractivity contribution in [3.63, 3.8) is 0 Å². The molecule has 0 amide bonds. The van der Waals surface area contributed by atoms with Crippen molar-refractivity contribution < 1.29 is 0 Å². The first-order valence-corrected chi connectivity index (χ1v) is 7.26. The molecule has 0 saturated carbocycles. The third kappa shape index (κ3) is 3.47. The summed E-state index contributed by atoms with van der Waals surface area (Å²) in [4.78, 5) is 3.90.